The summed E-state index contributed by atoms with van der Waals surface area (Å²) >= 11 is 1.22. The van der Waals surface area contributed by atoms with Crippen LogP contribution >= 0.6 is 11.3 Å². The predicted molar refractivity (Wildman–Crippen MR) is 152 cm³/mol. The molecule has 0 spiro atoms. The number of fused-ring (bicyclic) bond motifs is 1. The first-order valence-corrected chi connectivity index (χ1v) is 13.6. The normalized spacial score (nSPS) is 15.0. The summed E-state index contributed by atoms with van der Waals surface area (Å²) in [6, 6.07) is 11.3. The first kappa shape index (κ1) is 28.8. The summed E-state index contributed by atoms with van der Waals surface area (Å²) in [6.45, 7) is 6.56. The highest BCUT2D eigenvalue weighted by Crippen LogP contribution is 2.31. The average molecular weight is 565 g/mol. The van der Waals surface area contributed by atoms with Crippen molar-refractivity contribution in [3.8, 4) is 11.5 Å². The van der Waals surface area contributed by atoms with Crippen LogP contribution in [0.3, 0.4) is 0 Å². The number of hydrogen-bond acceptors (Lipinski definition) is 9. The zero-order valence-electron chi connectivity index (χ0n) is 23.3. The number of hydrogen-bond donors (Lipinski definition) is 0. The number of rotatable bonds is 9. The molecule has 2 heterocycles. The van der Waals surface area contributed by atoms with Gasteiger partial charge in [-0.15, -0.1) is 0 Å². The van der Waals surface area contributed by atoms with Gasteiger partial charge in [-0.05, 0) is 60.7 Å². The zero-order chi connectivity index (χ0) is 29.0. The van der Waals surface area contributed by atoms with Gasteiger partial charge in [-0.1, -0.05) is 43.4 Å². The van der Waals surface area contributed by atoms with Crippen LogP contribution in [-0.2, 0) is 14.3 Å². The summed E-state index contributed by atoms with van der Waals surface area (Å²) in [5, 5.41) is 0. The van der Waals surface area contributed by atoms with Gasteiger partial charge in [-0.3, -0.25) is 9.36 Å². The van der Waals surface area contributed by atoms with Gasteiger partial charge in [0.05, 0.1) is 55.3 Å². The molecule has 1 aromatic heterocycles. The number of allylic oxidation sites excluding steroid dienone is 1. The highest BCUT2D eigenvalue weighted by atomic mass is 32.1. The van der Waals surface area contributed by atoms with E-state index in [4.69, 9.17) is 18.9 Å². The fourth-order valence-electron chi connectivity index (χ4n) is 4.38. The number of methoxy groups -OCH3 is 3. The molecule has 0 amide bonds. The number of aromatic nitrogens is 1. The second kappa shape index (κ2) is 12.3. The minimum absolute atomic E-state index is 0.247. The van der Waals surface area contributed by atoms with Crippen molar-refractivity contribution in [1.29, 1.82) is 0 Å². The van der Waals surface area contributed by atoms with Gasteiger partial charge in [0.1, 0.15) is 0 Å². The summed E-state index contributed by atoms with van der Waals surface area (Å²) in [4.78, 5) is 43.6. The molecule has 0 aliphatic carbocycles. The van der Waals surface area contributed by atoms with Gasteiger partial charge in [0.2, 0.25) is 0 Å². The van der Waals surface area contributed by atoms with Gasteiger partial charge in [0.25, 0.3) is 5.56 Å². The predicted octanol–water partition coefficient (Wildman–Crippen LogP) is 3.63. The van der Waals surface area contributed by atoms with Crippen molar-refractivity contribution in [2.75, 3.05) is 27.9 Å². The number of esters is 2. The van der Waals surface area contributed by atoms with E-state index >= 15 is 0 Å². The lowest BCUT2D eigenvalue weighted by molar-refractivity contribution is -0.136. The molecule has 9 nitrogen and oxygen atoms in total. The van der Waals surface area contributed by atoms with E-state index in [2.05, 4.69) is 18.8 Å². The van der Waals surface area contributed by atoms with E-state index < -0.39 is 18.0 Å². The largest absolute Gasteiger partial charge is 0.493 e. The lowest BCUT2D eigenvalue weighted by Crippen LogP contribution is -2.39. The lowest BCUT2D eigenvalue weighted by Gasteiger charge is -2.24. The molecular weight excluding hydrogens is 532 g/mol. The van der Waals surface area contributed by atoms with Crippen LogP contribution in [0.5, 0.6) is 11.5 Å². The Balaban J connectivity index is 1.80. The van der Waals surface area contributed by atoms with Crippen LogP contribution in [-0.4, -0.2) is 44.4 Å². The van der Waals surface area contributed by atoms with Crippen molar-refractivity contribution in [1.82, 2.24) is 4.57 Å². The number of ether oxygens (including phenoxy) is 4. The standard InChI is InChI=1S/C30H32N2O7S/c1-17(2)13-14-39-22-12-7-19(15-23(22)36-4)16-24-27(33)32-26(20-8-10-21(11-9-20)28(34)37-5)25(29(35)38-6)18(3)31-30(32)40-24/h7-12,15-17,26H,13-14H2,1-6H3. The number of nitrogens with zero attached hydrogens (tertiary/aromatic N) is 2. The molecule has 3 aromatic rings. The maximum Gasteiger partial charge on any atom is 0.338 e. The first-order chi connectivity index (χ1) is 19.2. The first-order valence-electron chi connectivity index (χ1n) is 12.8. The molecule has 1 aliphatic rings. The van der Waals surface area contributed by atoms with Crippen molar-refractivity contribution >= 4 is 29.4 Å². The van der Waals surface area contributed by atoms with Crippen molar-refractivity contribution in [2.45, 2.75) is 33.2 Å². The Hall–Kier alpha value is -4.18. The Morgan fingerprint density at radius 1 is 1.02 bits per heavy atom. The van der Waals surface area contributed by atoms with Gasteiger partial charge in [0, 0.05) is 0 Å². The molecule has 40 heavy (non-hydrogen) atoms. The smallest absolute Gasteiger partial charge is 0.338 e. The molecule has 0 bridgehead atoms. The molecule has 210 valence electrons. The lowest BCUT2D eigenvalue weighted by atomic mass is 9.95. The third-order valence-corrected chi connectivity index (χ3v) is 7.50. The fourth-order valence-corrected chi connectivity index (χ4v) is 5.42. The molecule has 1 atom stereocenters. The van der Waals surface area contributed by atoms with Crippen molar-refractivity contribution in [3.05, 3.63) is 90.1 Å². The van der Waals surface area contributed by atoms with Crippen LogP contribution in [0, 0.1) is 5.92 Å². The summed E-state index contributed by atoms with van der Waals surface area (Å²) in [6.07, 6.45) is 2.68. The van der Waals surface area contributed by atoms with E-state index in [0.29, 0.717) is 50.2 Å². The Morgan fingerprint density at radius 2 is 1.73 bits per heavy atom. The third kappa shape index (κ3) is 5.86. The molecule has 2 aromatic carbocycles. The van der Waals surface area contributed by atoms with Crippen molar-refractivity contribution in [2.24, 2.45) is 10.9 Å². The molecule has 0 saturated heterocycles. The summed E-state index contributed by atoms with van der Waals surface area (Å²) < 4.78 is 23.2. The molecule has 0 fully saturated rings. The van der Waals surface area contributed by atoms with Crippen LogP contribution in [0.1, 0.15) is 54.7 Å². The highest BCUT2D eigenvalue weighted by Gasteiger charge is 2.33. The summed E-state index contributed by atoms with van der Waals surface area (Å²) in [5.41, 5.74) is 2.12. The number of benzene rings is 2. The Labute approximate surface area is 236 Å². The zero-order valence-corrected chi connectivity index (χ0v) is 24.2. The molecular formula is C30H32N2O7S. The van der Waals surface area contributed by atoms with E-state index in [0.717, 1.165) is 12.0 Å². The molecule has 1 aliphatic heterocycles. The van der Waals surface area contributed by atoms with Crippen LogP contribution in [0.2, 0.25) is 0 Å². The summed E-state index contributed by atoms with van der Waals surface area (Å²) in [7, 11) is 4.16. The van der Waals surface area contributed by atoms with Gasteiger partial charge in [-0.2, -0.15) is 0 Å². The Morgan fingerprint density at radius 3 is 2.35 bits per heavy atom. The van der Waals surface area contributed by atoms with E-state index in [9.17, 15) is 14.4 Å². The maximum atomic E-state index is 13.8. The molecule has 0 radical (unpaired) electrons. The van der Waals surface area contributed by atoms with E-state index in [-0.39, 0.29) is 11.1 Å². The van der Waals surface area contributed by atoms with Crippen LogP contribution in [0.4, 0.5) is 0 Å². The molecule has 0 saturated carbocycles. The topological polar surface area (TPSA) is 105 Å². The van der Waals surface area contributed by atoms with E-state index in [1.165, 1.54) is 30.1 Å². The quantitative estimate of drug-likeness (QED) is 0.366. The SMILES string of the molecule is COC(=O)C1=C(C)N=c2sc(=Cc3ccc(OCCC(C)C)c(OC)c3)c(=O)n2C1c1ccc(C(=O)OC)cc1. The minimum Gasteiger partial charge on any atom is -0.493 e. The van der Waals surface area contributed by atoms with E-state index in [1.54, 1.807) is 44.4 Å². The average Bonchev–Trinajstić information content (AvgIpc) is 3.25. The van der Waals surface area contributed by atoms with Gasteiger partial charge < -0.3 is 18.9 Å². The molecule has 0 N–H and O–H groups in total. The Kier molecular flexibility index (Phi) is 8.89. The highest BCUT2D eigenvalue weighted by molar-refractivity contribution is 7.07. The van der Waals surface area contributed by atoms with Crippen molar-refractivity contribution in [3.63, 3.8) is 0 Å². The third-order valence-electron chi connectivity index (χ3n) is 6.51. The van der Waals surface area contributed by atoms with Crippen LogP contribution in [0.15, 0.2) is 63.5 Å². The monoisotopic (exact) mass is 564 g/mol. The second-order valence-electron chi connectivity index (χ2n) is 9.63. The summed E-state index contributed by atoms with van der Waals surface area (Å²) in [5.74, 6) is 0.653. The number of carbonyl (C=O) groups is 2. The van der Waals surface area contributed by atoms with Crippen molar-refractivity contribution < 1.29 is 28.5 Å². The number of carbonyl (C=O) groups excluding carboxylic acids is 2. The Bertz CT molecular complexity index is 1630. The van der Waals surface area contributed by atoms with Crippen LogP contribution in [0.25, 0.3) is 6.08 Å². The number of thiazole rings is 1. The molecule has 10 heteroatoms. The second-order valence-corrected chi connectivity index (χ2v) is 10.6. The maximum absolute atomic E-state index is 13.8. The molecule has 1 unspecified atom stereocenters. The van der Waals surface area contributed by atoms with Crippen LogP contribution < -0.4 is 24.4 Å². The fraction of sp³-hybridized carbons (Fsp3) is 0.333. The minimum atomic E-state index is -0.788. The molecule has 4 rings (SSSR count). The van der Waals surface area contributed by atoms with Gasteiger partial charge in [0.15, 0.2) is 16.3 Å². The van der Waals surface area contributed by atoms with Gasteiger partial charge in [-0.25, -0.2) is 14.6 Å². The van der Waals surface area contributed by atoms with E-state index in [1.807, 2.05) is 18.2 Å². The van der Waals surface area contributed by atoms with Gasteiger partial charge >= 0.3 is 11.9 Å².